The van der Waals surface area contributed by atoms with E-state index in [0.29, 0.717) is 23.7 Å². The van der Waals surface area contributed by atoms with Gasteiger partial charge < -0.3 is 15.7 Å². The number of anilines is 1. The number of para-hydroxylation sites is 1. The van der Waals surface area contributed by atoms with Crippen molar-refractivity contribution in [2.24, 2.45) is 5.92 Å². The summed E-state index contributed by atoms with van der Waals surface area (Å²) in [5.74, 6) is -0.436. The molecule has 1 aliphatic carbocycles. The van der Waals surface area contributed by atoms with Crippen molar-refractivity contribution < 1.29 is 14.7 Å². The van der Waals surface area contributed by atoms with Crippen LogP contribution in [0.2, 0.25) is 0 Å². The minimum atomic E-state index is -0.918. The van der Waals surface area contributed by atoms with Gasteiger partial charge in [0.25, 0.3) is 0 Å². The lowest BCUT2D eigenvalue weighted by Crippen LogP contribution is -2.33. The van der Waals surface area contributed by atoms with Crippen LogP contribution in [0, 0.1) is 5.92 Å². The molecule has 0 fully saturated rings. The van der Waals surface area contributed by atoms with Gasteiger partial charge >= 0.3 is 12.0 Å². The number of amides is 2. The summed E-state index contributed by atoms with van der Waals surface area (Å²) in [6.07, 6.45) is 7.36. The highest BCUT2D eigenvalue weighted by Crippen LogP contribution is 2.18. The second kappa shape index (κ2) is 7.47. The van der Waals surface area contributed by atoms with Crippen molar-refractivity contribution in [3.05, 3.63) is 42.0 Å². The molecule has 5 nitrogen and oxygen atoms in total. The Kier molecular flexibility index (Phi) is 5.37. The molecule has 5 heteroatoms. The van der Waals surface area contributed by atoms with Crippen LogP contribution in [0.15, 0.2) is 36.4 Å². The number of nitrogens with one attached hydrogen (secondary N) is 2. The first kappa shape index (κ1) is 15.1. The maximum Gasteiger partial charge on any atom is 0.319 e. The van der Waals surface area contributed by atoms with Crippen LogP contribution in [-0.2, 0) is 11.2 Å². The summed E-state index contributed by atoms with van der Waals surface area (Å²) in [5, 5.41) is 14.4. The predicted molar refractivity (Wildman–Crippen MR) is 81.3 cm³/mol. The maximum atomic E-state index is 11.9. The van der Waals surface area contributed by atoms with Gasteiger partial charge in [-0.1, -0.05) is 30.4 Å². The number of benzene rings is 1. The molecule has 0 aromatic heterocycles. The van der Waals surface area contributed by atoms with Crippen LogP contribution >= 0.6 is 0 Å². The van der Waals surface area contributed by atoms with Crippen molar-refractivity contribution in [3.63, 3.8) is 0 Å². The van der Waals surface area contributed by atoms with Gasteiger partial charge in [0, 0.05) is 12.2 Å². The molecule has 0 saturated heterocycles. The molecule has 1 atom stereocenters. The maximum absolute atomic E-state index is 11.9. The van der Waals surface area contributed by atoms with E-state index in [2.05, 4.69) is 22.8 Å². The topological polar surface area (TPSA) is 78.4 Å². The third-order valence-electron chi connectivity index (χ3n) is 3.54. The van der Waals surface area contributed by atoms with Crippen LogP contribution in [0.4, 0.5) is 10.5 Å². The quantitative estimate of drug-likeness (QED) is 0.729. The fourth-order valence-corrected chi connectivity index (χ4v) is 2.40. The first-order chi connectivity index (χ1) is 10.1. The lowest BCUT2D eigenvalue weighted by Gasteiger charge is -2.18. The van der Waals surface area contributed by atoms with Crippen LogP contribution in [-0.4, -0.2) is 23.7 Å². The molecule has 21 heavy (non-hydrogen) atoms. The Bertz CT molecular complexity index is 540. The highest BCUT2D eigenvalue weighted by atomic mass is 16.4. The van der Waals surface area contributed by atoms with Gasteiger partial charge in [0.1, 0.15) is 0 Å². The molecule has 0 aliphatic heterocycles. The Morgan fingerprint density at radius 3 is 2.76 bits per heavy atom. The average Bonchev–Trinajstić information content (AvgIpc) is 2.48. The molecule has 1 aromatic rings. The zero-order chi connectivity index (χ0) is 15.1. The molecule has 2 rings (SSSR count). The number of aliphatic carboxylic acids is 1. The molecule has 0 saturated carbocycles. The summed E-state index contributed by atoms with van der Waals surface area (Å²) in [6.45, 7) is 0.636. The number of rotatable bonds is 5. The lowest BCUT2D eigenvalue weighted by atomic mass is 9.94. The van der Waals surface area contributed by atoms with Gasteiger partial charge in [-0.15, -0.1) is 0 Å². The monoisotopic (exact) mass is 288 g/mol. The standard InChI is InChI=1S/C16H20N2O3/c19-15(20)10-13-8-4-5-9-14(13)18-16(21)17-11-12-6-2-1-3-7-12/h1-2,4-5,8-9,12H,3,6-7,10-11H2,(H,19,20)(H2,17,18,21). The summed E-state index contributed by atoms with van der Waals surface area (Å²) in [4.78, 5) is 22.7. The van der Waals surface area contributed by atoms with E-state index in [-0.39, 0.29) is 12.5 Å². The molecular weight excluding hydrogens is 268 g/mol. The SMILES string of the molecule is O=C(O)Cc1ccccc1NC(=O)NCC1CC=CCC1. The Hall–Kier alpha value is -2.30. The number of hydrogen-bond acceptors (Lipinski definition) is 2. The van der Waals surface area contributed by atoms with E-state index in [9.17, 15) is 9.59 Å². The van der Waals surface area contributed by atoms with Crippen molar-refractivity contribution in [1.82, 2.24) is 5.32 Å². The van der Waals surface area contributed by atoms with Crippen molar-refractivity contribution in [1.29, 1.82) is 0 Å². The zero-order valence-corrected chi connectivity index (χ0v) is 11.8. The summed E-state index contributed by atoms with van der Waals surface area (Å²) >= 11 is 0. The van der Waals surface area contributed by atoms with Gasteiger partial charge in [0.15, 0.2) is 0 Å². The fourth-order valence-electron chi connectivity index (χ4n) is 2.40. The molecule has 1 unspecified atom stereocenters. The van der Waals surface area contributed by atoms with E-state index in [1.807, 2.05) is 0 Å². The highest BCUT2D eigenvalue weighted by molar-refractivity contribution is 5.90. The Balaban J connectivity index is 1.87. The number of carboxylic acid groups (broad SMARTS) is 1. The summed E-state index contributed by atoms with van der Waals surface area (Å²) in [6, 6.07) is 6.65. The number of hydrogen-bond donors (Lipinski definition) is 3. The molecule has 0 radical (unpaired) electrons. The zero-order valence-electron chi connectivity index (χ0n) is 11.8. The number of carbonyl (C=O) groups is 2. The van der Waals surface area contributed by atoms with Crippen molar-refractivity contribution >= 4 is 17.7 Å². The largest absolute Gasteiger partial charge is 0.481 e. The predicted octanol–water partition coefficient (Wildman–Crippen LogP) is 2.79. The normalized spacial score (nSPS) is 17.2. The first-order valence-electron chi connectivity index (χ1n) is 7.14. The first-order valence-corrected chi connectivity index (χ1v) is 7.14. The van der Waals surface area contributed by atoms with Gasteiger partial charge in [-0.3, -0.25) is 4.79 Å². The smallest absolute Gasteiger partial charge is 0.319 e. The van der Waals surface area contributed by atoms with Crippen molar-refractivity contribution in [2.75, 3.05) is 11.9 Å². The second-order valence-corrected chi connectivity index (χ2v) is 5.21. The van der Waals surface area contributed by atoms with Gasteiger partial charge in [-0.2, -0.15) is 0 Å². The van der Waals surface area contributed by atoms with Crippen LogP contribution < -0.4 is 10.6 Å². The number of carboxylic acids is 1. The van der Waals surface area contributed by atoms with E-state index in [1.54, 1.807) is 24.3 Å². The van der Waals surface area contributed by atoms with Crippen LogP contribution in [0.5, 0.6) is 0 Å². The fraction of sp³-hybridized carbons (Fsp3) is 0.375. The molecular formula is C16H20N2O3. The molecule has 3 N–H and O–H groups in total. The van der Waals surface area contributed by atoms with Crippen LogP contribution in [0.3, 0.4) is 0 Å². The molecule has 112 valence electrons. The Labute approximate surface area is 124 Å². The molecule has 0 heterocycles. The Morgan fingerprint density at radius 2 is 2.05 bits per heavy atom. The van der Waals surface area contributed by atoms with E-state index >= 15 is 0 Å². The second-order valence-electron chi connectivity index (χ2n) is 5.21. The minimum Gasteiger partial charge on any atom is -0.481 e. The van der Waals surface area contributed by atoms with Gasteiger partial charge in [-0.05, 0) is 36.8 Å². The highest BCUT2D eigenvalue weighted by Gasteiger charge is 2.12. The van der Waals surface area contributed by atoms with Crippen molar-refractivity contribution in [3.8, 4) is 0 Å². The van der Waals surface area contributed by atoms with Gasteiger partial charge in [-0.25, -0.2) is 4.79 Å². The number of urea groups is 1. The molecule has 0 spiro atoms. The van der Waals surface area contributed by atoms with Gasteiger partial charge in [0.2, 0.25) is 0 Å². The van der Waals surface area contributed by atoms with E-state index < -0.39 is 5.97 Å². The van der Waals surface area contributed by atoms with Crippen molar-refractivity contribution in [2.45, 2.75) is 25.7 Å². The number of carbonyl (C=O) groups excluding carboxylic acids is 1. The number of allylic oxidation sites excluding steroid dienone is 2. The average molecular weight is 288 g/mol. The summed E-state index contributed by atoms with van der Waals surface area (Å²) < 4.78 is 0. The van der Waals surface area contributed by atoms with E-state index in [1.165, 1.54) is 0 Å². The lowest BCUT2D eigenvalue weighted by molar-refractivity contribution is -0.136. The summed E-state index contributed by atoms with van der Waals surface area (Å²) in [7, 11) is 0. The molecule has 1 aliphatic rings. The van der Waals surface area contributed by atoms with Crippen LogP contribution in [0.25, 0.3) is 0 Å². The third kappa shape index (κ3) is 4.95. The molecule has 2 amide bonds. The summed E-state index contributed by atoms with van der Waals surface area (Å²) in [5.41, 5.74) is 1.14. The van der Waals surface area contributed by atoms with E-state index in [4.69, 9.17) is 5.11 Å². The van der Waals surface area contributed by atoms with Crippen LogP contribution in [0.1, 0.15) is 24.8 Å². The molecule has 1 aromatic carbocycles. The minimum absolute atomic E-state index is 0.107. The van der Waals surface area contributed by atoms with E-state index in [0.717, 1.165) is 19.3 Å². The third-order valence-corrected chi connectivity index (χ3v) is 3.54. The Morgan fingerprint density at radius 1 is 1.24 bits per heavy atom. The van der Waals surface area contributed by atoms with Gasteiger partial charge in [0.05, 0.1) is 6.42 Å². The molecule has 0 bridgehead atoms.